The third kappa shape index (κ3) is 2.70. The van der Waals surface area contributed by atoms with Crippen LogP contribution in [-0.4, -0.2) is 22.0 Å². The van der Waals surface area contributed by atoms with Gasteiger partial charge in [0.05, 0.1) is 5.52 Å². The molecule has 4 heteroatoms. The number of aromatic nitrogens is 1. The first-order valence-corrected chi connectivity index (χ1v) is 8.35. The average Bonchev–Trinajstić information content (AvgIpc) is 2.86. The van der Waals surface area contributed by atoms with Gasteiger partial charge >= 0.3 is 0 Å². The van der Waals surface area contributed by atoms with Crippen LogP contribution < -0.4 is 11.1 Å². The van der Waals surface area contributed by atoms with Gasteiger partial charge in [-0.05, 0) is 42.9 Å². The van der Waals surface area contributed by atoms with Crippen molar-refractivity contribution in [2.24, 2.45) is 0 Å². The number of nitrogen functional groups attached to an aromatic ring is 1. The molecule has 0 radical (unpaired) electrons. The molecule has 0 spiro atoms. The number of benzene rings is 1. The molecule has 2 unspecified atom stereocenters. The van der Waals surface area contributed by atoms with Crippen molar-refractivity contribution < 1.29 is 0 Å². The molecule has 106 valence electrons. The minimum Gasteiger partial charge on any atom is -0.399 e. The van der Waals surface area contributed by atoms with Crippen molar-refractivity contribution in [3.05, 3.63) is 30.5 Å². The molecule has 1 aromatic heterocycles. The average molecular weight is 287 g/mol. The van der Waals surface area contributed by atoms with Gasteiger partial charge in [-0.1, -0.05) is 13.3 Å². The molecule has 1 aliphatic carbocycles. The number of nitrogens with zero attached hydrogens (tertiary/aromatic N) is 1. The summed E-state index contributed by atoms with van der Waals surface area (Å²) in [7, 11) is 0. The molecule has 2 aromatic rings. The number of pyridine rings is 1. The van der Waals surface area contributed by atoms with E-state index >= 15 is 0 Å². The van der Waals surface area contributed by atoms with Crippen molar-refractivity contribution in [1.82, 2.24) is 4.98 Å². The molecule has 0 saturated heterocycles. The Morgan fingerprint density at radius 1 is 1.35 bits per heavy atom. The maximum absolute atomic E-state index is 5.84. The molecular weight excluding hydrogens is 266 g/mol. The summed E-state index contributed by atoms with van der Waals surface area (Å²) in [5.74, 6) is 1.19. The van der Waals surface area contributed by atoms with Crippen LogP contribution in [0.5, 0.6) is 0 Å². The van der Waals surface area contributed by atoms with Crippen molar-refractivity contribution in [3.63, 3.8) is 0 Å². The highest BCUT2D eigenvalue weighted by atomic mass is 32.2. The number of hydrogen-bond acceptors (Lipinski definition) is 4. The van der Waals surface area contributed by atoms with Gasteiger partial charge in [0.15, 0.2) is 0 Å². The molecule has 1 fully saturated rings. The van der Waals surface area contributed by atoms with E-state index in [9.17, 15) is 0 Å². The molecule has 1 heterocycles. The van der Waals surface area contributed by atoms with Crippen LogP contribution in [-0.2, 0) is 0 Å². The number of nitrogens with two attached hydrogens (primary N) is 1. The summed E-state index contributed by atoms with van der Waals surface area (Å²) in [5.41, 5.74) is 8.75. The summed E-state index contributed by atoms with van der Waals surface area (Å²) < 4.78 is 0. The lowest BCUT2D eigenvalue weighted by Crippen LogP contribution is -2.26. The number of rotatable bonds is 4. The van der Waals surface area contributed by atoms with E-state index < -0.39 is 0 Å². The first-order chi connectivity index (χ1) is 9.78. The van der Waals surface area contributed by atoms with Crippen molar-refractivity contribution in [2.45, 2.75) is 37.5 Å². The van der Waals surface area contributed by atoms with Crippen molar-refractivity contribution in [3.8, 4) is 0 Å². The molecule has 0 aliphatic heterocycles. The van der Waals surface area contributed by atoms with Crippen LogP contribution >= 0.6 is 11.8 Å². The lowest BCUT2D eigenvalue weighted by atomic mass is 10.1. The summed E-state index contributed by atoms with van der Waals surface area (Å²) in [4.78, 5) is 4.41. The van der Waals surface area contributed by atoms with Crippen LogP contribution in [0.1, 0.15) is 26.2 Å². The summed E-state index contributed by atoms with van der Waals surface area (Å²) in [6, 6.07) is 8.60. The monoisotopic (exact) mass is 287 g/mol. The highest BCUT2D eigenvalue weighted by Crippen LogP contribution is 2.33. The Hall–Kier alpha value is -1.42. The van der Waals surface area contributed by atoms with Gasteiger partial charge in [0.2, 0.25) is 0 Å². The second-order valence-electron chi connectivity index (χ2n) is 5.31. The minimum atomic E-state index is 0.572. The summed E-state index contributed by atoms with van der Waals surface area (Å²) >= 11 is 2.08. The predicted octanol–water partition coefficient (Wildman–Crippen LogP) is 3.90. The number of nitrogens with one attached hydrogen (secondary N) is 1. The predicted molar refractivity (Wildman–Crippen MR) is 89.3 cm³/mol. The van der Waals surface area contributed by atoms with Crippen LogP contribution in [0, 0.1) is 0 Å². The number of hydrogen-bond donors (Lipinski definition) is 2. The Balaban J connectivity index is 1.87. The fourth-order valence-electron chi connectivity index (χ4n) is 3.00. The van der Waals surface area contributed by atoms with Crippen molar-refractivity contribution >= 4 is 34.0 Å². The van der Waals surface area contributed by atoms with E-state index in [1.165, 1.54) is 30.7 Å². The van der Waals surface area contributed by atoms with Crippen LogP contribution in [0.2, 0.25) is 0 Å². The molecule has 3 nitrogen and oxygen atoms in total. The fraction of sp³-hybridized carbons (Fsp3) is 0.438. The van der Waals surface area contributed by atoms with Crippen LogP contribution in [0.3, 0.4) is 0 Å². The van der Waals surface area contributed by atoms with Gasteiger partial charge in [-0.3, -0.25) is 4.98 Å². The maximum Gasteiger partial charge on any atom is 0.0743 e. The van der Waals surface area contributed by atoms with Crippen LogP contribution in [0.25, 0.3) is 10.9 Å². The van der Waals surface area contributed by atoms with Crippen LogP contribution in [0.15, 0.2) is 30.5 Å². The molecular formula is C16H21N3S. The van der Waals surface area contributed by atoms with E-state index in [4.69, 9.17) is 5.73 Å². The van der Waals surface area contributed by atoms with E-state index in [-0.39, 0.29) is 0 Å². The second-order valence-corrected chi connectivity index (χ2v) is 6.83. The quantitative estimate of drug-likeness (QED) is 0.837. The van der Waals surface area contributed by atoms with Gasteiger partial charge in [-0.15, -0.1) is 0 Å². The minimum absolute atomic E-state index is 0.572. The van der Waals surface area contributed by atoms with Crippen LogP contribution in [0.4, 0.5) is 11.4 Å². The normalized spacial score (nSPS) is 22.2. The molecule has 3 N–H and O–H groups in total. The molecule has 2 atom stereocenters. The van der Waals surface area contributed by atoms with E-state index in [0.717, 1.165) is 21.8 Å². The first kappa shape index (κ1) is 13.6. The lowest BCUT2D eigenvalue weighted by molar-refractivity contribution is 0.769. The molecule has 0 bridgehead atoms. The van der Waals surface area contributed by atoms with E-state index in [0.29, 0.717) is 6.04 Å². The zero-order valence-corrected chi connectivity index (χ0v) is 12.6. The highest BCUT2D eigenvalue weighted by Gasteiger charge is 2.27. The number of fused-ring (bicyclic) bond motifs is 1. The summed E-state index contributed by atoms with van der Waals surface area (Å²) in [6.45, 7) is 2.24. The SMILES string of the molecule is CCSC1CCCC1Nc1ccnc2cc(N)ccc12. The Labute approximate surface area is 124 Å². The van der Waals surface area contributed by atoms with E-state index in [2.05, 4.69) is 41.1 Å². The fourth-order valence-corrected chi connectivity index (χ4v) is 4.19. The van der Waals surface area contributed by atoms with Gasteiger partial charge in [-0.2, -0.15) is 11.8 Å². The van der Waals surface area contributed by atoms with E-state index in [1.54, 1.807) is 0 Å². The zero-order chi connectivity index (χ0) is 13.9. The van der Waals surface area contributed by atoms with E-state index in [1.807, 2.05) is 18.3 Å². The molecule has 1 saturated carbocycles. The first-order valence-electron chi connectivity index (χ1n) is 7.30. The van der Waals surface area contributed by atoms with Gasteiger partial charge in [0.1, 0.15) is 0 Å². The number of thioether (sulfide) groups is 1. The van der Waals surface area contributed by atoms with Crippen molar-refractivity contribution in [2.75, 3.05) is 16.8 Å². The maximum atomic E-state index is 5.84. The third-order valence-electron chi connectivity index (χ3n) is 3.94. The standard InChI is InChI=1S/C16H21N3S/c1-2-20-16-5-3-4-14(16)19-13-8-9-18-15-10-11(17)6-7-12(13)15/h6-10,14,16H,2-5,17H2,1H3,(H,18,19). The smallest absolute Gasteiger partial charge is 0.0743 e. The molecule has 1 aliphatic rings. The van der Waals surface area contributed by atoms with Gasteiger partial charge < -0.3 is 11.1 Å². The number of anilines is 2. The molecule has 1 aromatic carbocycles. The van der Waals surface area contributed by atoms with Gasteiger partial charge in [0, 0.05) is 34.2 Å². The Morgan fingerprint density at radius 2 is 2.25 bits per heavy atom. The summed E-state index contributed by atoms with van der Waals surface area (Å²) in [6.07, 6.45) is 5.77. The molecule has 3 rings (SSSR count). The second kappa shape index (κ2) is 5.92. The highest BCUT2D eigenvalue weighted by molar-refractivity contribution is 7.99. The topological polar surface area (TPSA) is 50.9 Å². The Morgan fingerprint density at radius 3 is 3.10 bits per heavy atom. The Bertz CT molecular complexity index is 599. The molecule has 0 amide bonds. The zero-order valence-electron chi connectivity index (χ0n) is 11.8. The lowest BCUT2D eigenvalue weighted by Gasteiger charge is -2.22. The van der Waals surface area contributed by atoms with Gasteiger partial charge in [0.25, 0.3) is 0 Å². The molecule has 20 heavy (non-hydrogen) atoms. The van der Waals surface area contributed by atoms with Crippen molar-refractivity contribution in [1.29, 1.82) is 0 Å². The third-order valence-corrected chi connectivity index (χ3v) is 5.27. The van der Waals surface area contributed by atoms with Gasteiger partial charge in [-0.25, -0.2) is 0 Å². The Kier molecular flexibility index (Phi) is 4.01. The largest absolute Gasteiger partial charge is 0.399 e. The summed E-state index contributed by atoms with van der Waals surface area (Å²) in [5, 5.41) is 5.63.